The van der Waals surface area contributed by atoms with Crippen molar-refractivity contribution in [3.63, 3.8) is 0 Å². The average molecular weight is 243 g/mol. The Morgan fingerprint density at radius 1 is 0.933 bits per heavy atom. The van der Waals surface area contributed by atoms with Gasteiger partial charge < -0.3 is 4.98 Å². The standard InChI is InChI=1S/C12H7N2.Cu/c1-3-9-5-6-10-4-2-8-14-12(10)11(9)13-7-1;/h1-7H;/q-1;+1. The molecule has 0 bridgehead atoms. The van der Waals surface area contributed by atoms with E-state index in [1.807, 2.05) is 24.3 Å². The molecule has 3 rings (SSSR count). The molecule has 3 aromatic rings. The van der Waals surface area contributed by atoms with E-state index in [9.17, 15) is 0 Å². The molecule has 2 aromatic heterocycles. The van der Waals surface area contributed by atoms with Crippen molar-refractivity contribution in [1.82, 2.24) is 9.97 Å². The van der Waals surface area contributed by atoms with Crippen LogP contribution in [0.4, 0.5) is 0 Å². The van der Waals surface area contributed by atoms with Crippen LogP contribution in [0.1, 0.15) is 0 Å². The van der Waals surface area contributed by atoms with Crippen LogP contribution in [-0.2, 0) is 17.1 Å². The first-order chi connectivity index (χ1) is 6.95. The predicted octanol–water partition coefficient (Wildman–Crippen LogP) is 2.58. The van der Waals surface area contributed by atoms with Crippen LogP contribution in [0.3, 0.4) is 0 Å². The van der Waals surface area contributed by atoms with Gasteiger partial charge in [-0.3, -0.25) is 4.98 Å². The summed E-state index contributed by atoms with van der Waals surface area (Å²) in [5.41, 5.74) is 1.87. The van der Waals surface area contributed by atoms with E-state index in [0.29, 0.717) is 0 Å². The van der Waals surface area contributed by atoms with Gasteiger partial charge in [0, 0.05) is 11.7 Å². The summed E-state index contributed by atoms with van der Waals surface area (Å²) in [5.74, 6) is 0. The summed E-state index contributed by atoms with van der Waals surface area (Å²) in [6, 6.07) is 11.9. The zero-order valence-electron chi connectivity index (χ0n) is 7.74. The SMILES string of the molecule is [Cu+].[c-]1ccc2ccc3cccnc3c2n1. The summed E-state index contributed by atoms with van der Waals surface area (Å²) in [5, 5.41) is 2.22. The number of pyridine rings is 2. The van der Waals surface area contributed by atoms with Crippen molar-refractivity contribution in [2.75, 3.05) is 0 Å². The zero-order valence-corrected chi connectivity index (χ0v) is 8.68. The fourth-order valence-corrected chi connectivity index (χ4v) is 1.63. The number of hydrogen-bond donors (Lipinski definition) is 0. The van der Waals surface area contributed by atoms with Crippen molar-refractivity contribution in [2.24, 2.45) is 0 Å². The third-order valence-corrected chi connectivity index (χ3v) is 2.29. The van der Waals surface area contributed by atoms with E-state index in [2.05, 4.69) is 28.3 Å². The molecule has 0 amide bonds. The maximum atomic E-state index is 4.33. The number of hydrogen-bond acceptors (Lipinski definition) is 2. The summed E-state index contributed by atoms with van der Waals surface area (Å²) in [4.78, 5) is 8.55. The van der Waals surface area contributed by atoms with Gasteiger partial charge in [0.25, 0.3) is 0 Å². The number of benzene rings is 1. The van der Waals surface area contributed by atoms with E-state index in [0.717, 1.165) is 21.8 Å². The second-order valence-electron chi connectivity index (χ2n) is 3.15. The molecular weight excluding hydrogens is 236 g/mol. The molecule has 76 valence electrons. The van der Waals surface area contributed by atoms with Gasteiger partial charge in [-0.05, 0) is 17.0 Å². The summed E-state index contributed by atoms with van der Waals surface area (Å²) in [6.45, 7) is 0. The molecule has 0 N–H and O–H groups in total. The zero-order chi connectivity index (χ0) is 9.38. The Morgan fingerprint density at radius 2 is 1.73 bits per heavy atom. The number of nitrogens with zero attached hydrogens (tertiary/aromatic N) is 2. The molecule has 0 saturated heterocycles. The Kier molecular flexibility index (Phi) is 2.67. The van der Waals surface area contributed by atoms with Crippen LogP contribution in [0.25, 0.3) is 21.8 Å². The van der Waals surface area contributed by atoms with E-state index in [1.165, 1.54) is 0 Å². The molecule has 0 spiro atoms. The van der Waals surface area contributed by atoms with Crippen LogP contribution in [0.5, 0.6) is 0 Å². The minimum atomic E-state index is 0. The molecule has 0 aliphatic heterocycles. The maximum absolute atomic E-state index is 4.33. The number of rotatable bonds is 0. The maximum Gasteiger partial charge on any atom is 1.00 e. The van der Waals surface area contributed by atoms with Crippen LogP contribution >= 0.6 is 0 Å². The van der Waals surface area contributed by atoms with Gasteiger partial charge in [-0.1, -0.05) is 24.4 Å². The van der Waals surface area contributed by atoms with Gasteiger partial charge in [-0.25, -0.2) is 0 Å². The van der Waals surface area contributed by atoms with Gasteiger partial charge in [0.05, 0.1) is 0 Å². The third kappa shape index (κ3) is 1.60. The Hall–Kier alpha value is -1.44. The van der Waals surface area contributed by atoms with Crippen LogP contribution < -0.4 is 0 Å². The Bertz CT molecular complexity index is 553. The van der Waals surface area contributed by atoms with E-state index >= 15 is 0 Å². The molecule has 0 aliphatic rings. The van der Waals surface area contributed by atoms with Crippen molar-refractivity contribution < 1.29 is 17.1 Å². The van der Waals surface area contributed by atoms with E-state index in [4.69, 9.17) is 0 Å². The number of fused-ring (bicyclic) bond motifs is 3. The minimum Gasteiger partial charge on any atom is -0.384 e. The first-order valence-electron chi connectivity index (χ1n) is 4.46. The average Bonchev–Trinajstić information content (AvgIpc) is 2.29. The van der Waals surface area contributed by atoms with Gasteiger partial charge in [0.2, 0.25) is 0 Å². The molecule has 0 aliphatic carbocycles. The molecule has 0 unspecified atom stereocenters. The Morgan fingerprint density at radius 3 is 2.60 bits per heavy atom. The molecule has 3 heteroatoms. The quantitative estimate of drug-likeness (QED) is 0.344. The Labute approximate surface area is 97.8 Å². The van der Waals surface area contributed by atoms with Crippen molar-refractivity contribution in [3.05, 3.63) is 48.8 Å². The largest absolute Gasteiger partial charge is 1.00 e. The predicted molar refractivity (Wildman–Crippen MR) is 55.9 cm³/mol. The third-order valence-electron chi connectivity index (χ3n) is 2.29. The molecule has 1 aromatic carbocycles. The van der Waals surface area contributed by atoms with Gasteiger partial charge in [0.1, 0.15) is 0 Å². The Balaban J connectivity index is 0.000000853. The fourth-order valence-electron chi connectivity index (χ4n) is 1.63. The molecule has 2 heterocycles. The summed E-state index contributed by atoms with van der Waals surface area (Å²) in [6.07, 6.45) is 4.63. The van der Waals surface area contributed by atoms with E-state index < -0.39 is 0 Å². The topological polar surface area (TPSA) is 25.8 Å². The normalized spacial score (nSPS) is 10.1. The van der Waals surface area contributed by atoms with E-state index in [1.54, 1.807) is 6.20 Å². The summed E-state index contributed by atoms with van der Waals surface area (Å²) < 4.78 is 0. The second kappa shape index (κ2) is 3.97. The first kappa shape index (κ1) is 10.1. The van der Waals surface area contributed by atoms with Gasteiger partial charge in [-0.2, -0.15) is 12.1 Å². The van der Waals surface area contributed by atoms with Crippen LogP contribution in [0.2, 0.25) is 0 Å². The molecule has 0 saturated carbocycles. The molecule has 0 atom stereocenters. The smallest absolute Gasteiger partial charge is 0.384 e. The monoisotopic (exact) mass is 242 g/mol. The fraction of sp³-hybridized carbons (Fsp3) is 0. The van der Waals surface area contributed by atoms with Crippen molar-refractivity contribution in [3.8, 4) is 0 Å². The summed E-state index contributed by atoms with van der Waals surface area (Å²) in [7, 11) is 0. The molecule has 0 radical (unpaired) electrons. The van der Waals surface area contributed by atoms with Crippen molar-refractivity contribution in [1.29, 1.82) is 0 Å². The molecular formula is C12H7CuN2. The molecule has 15 heavy (non-hydrogen) atoms. The van der Waals surface area contributed by atoms with Gasteiger partial charge in [0.15, 0.2) is 0 Å². The number of aromatic nitrogens is 2. The summed E-state index contributed by atoms with van der Waals surface area (Å²) >= 11 is 0. The van der Waals surface area contributed by atoms with Crippen molar-refractivity contribution in [2.45, 2.75) is 0 Å². The second-order valence-corrected chi connectivity index (χ2v) is 3.15. The molecule has 0 fully saturated rings. The van der Waals surface area contributed by atoms with Gasteiger partial charge in [-0.15, -0.1) is 5.39 Å². The minimum absolute atomic E-state index is 0. The van der Waals surface area contributed by atoms with Gasteiger partial charge >= 0.3 is 17.1 Å². The molecule has 2 nitrogen and oxygen atoms in total. The van der Waals surface area contributed by atoms with Crippen molar-refractivity contribution >= 4 is 21.8 Å². The van der Waals surface area contributed by atoms with Crippen LogP contribution in [-0.4, -0.2) is 9.97 Å². The van der Waals surface area contributed by atoms with Crippen LogP contribution in [0.15, 0.2) is 42.6 Å². The van der Waals surface area contributed by atoms with E-state index in [-0.39, 0.29) is 17.1 Å². The first-order valence-corrected chi connectivity index (χ1v) is 4.46. The van der Waals surface area contributed by atoms with Crippen LogP contribution in [0, 0.1) is 6.20 Å².